The normalized spacial score (nSPS) is 8.10. The van der Waals surface area contributed by atoms with Crippen LogP contribution in [0.3, 0.4) is 0 Å². The topological polar surface area (TPSA) is 93.4 Å². The molecule has 0 saturated heterocycles. The zero-order chi connectivity index (χ0) is 7.98. The summed E-state index contributed by atoms with van der Waals surface area (Å²) in [6.07, 6.45) is -0.735. The van der Waals surface area contributed by atoms with E-state index < -0.39 is 12.1 Å². The molecule has 10 heavy (non-hydrogen) atoms. The standard InChI is InChI=1S/C4H9N3O3/c1-2-10-4(9)7-6-3(5)8/h2H2,1H3,(H,7,9)(H3,5,6,8). The highest BCUT2D eigenvalue weighted by molar-refractivity contribution is 5.75. The van der Waals surface area contributed by atoms with Crippen LogP contribution in [-0.4, -0.2) is 18.7 Å². The van der Waals surface area contributed by atoms with Crippen molar-refractivity contribution < 1.29 is 14.3 Å². The van der Waals surface area contributed by atoms with Crippen LogP contribution in [0.25, 0.3) is 0 Å². The maximum absolute atomic E-state index is 10.3. The summed E-state index contributed by atoms with van der Waals surface area (Å²) in [7, 11) is 0. The van der Waals surface area contributed by atoms with E-state index in [0.717, 1.165) is 0 Å². The summed E-state index contributed by atoms with van der Waals surface area (Å²) in [5, 5.41) is 0. The Hall–Kier alpha value is -1.46. The summed E-state index contributed by atoms with van der Waals surface area (Å²) in [6.45, 7) is 1.89. The van der Waals surface area contributed by atoms with Gasteiger partial charge in [0.2, 0.25) is 0 Å². The second-order valence-corrected chi connectivity index (χ2v) is 1.33. The van der Waals surface area contributed by atoms with E-state index in [0.29, 0.717) is 0 Å². The van der Waals surface area contributed by atoms with Crippen molar-refractivity contribution in [1.82, 2.24) is 10.9 Å². The summed E-state index contributed by atoms with van der Waals surface area (Å²) in [6, 6.07) is -0.840. The van der Waals surface area contributed by atoms with Gasteiger partial charge in [-0.05, 0) is 6.92 Å². The third-order valence-electron chi connectivity index (χ3n) is 0.563. The highest BCUT2D eigenvalue weighted by Gasteiger charge is 1.98. The molecule has 4 N–H and O–H groups in total. The predicted molar refractivity (Wildman–Crippen MR) is 32.9 cm³/mol. The number of nitrogens with two attached hydrogens (primary N) is 1. The number of hydrogen-bond donors (Lipinski definition) is 3. The summed E-state index contributed by atoms with van der Waals surface area (Å²) in [4.78, 5) is 20.3. The number of amides is 3. The first-order valence-electron chi connectivity index (χ1n) is 2.65. The molecule has 0 fully saturated rings. The fraction of sp³-hybridized carbons (Fsp3) is 0.500. The van der Waals surface area contributed by atoms with E-state index in [2.05, 4.69) is 10.5 Å². The van der Waals surface area contributed by atoms with Crippen molar-refractivity contribution in [3.05, 3.63) is 0 Å². The van der Waals surface area contributed by atoms with Crippen molar-refractivity contribution in [1.29, 1.82) is 0 Å². The van der Waals surface area contributed by atoms with E-state index in [4.69, 9.17) is 0 Å². The van der Waals surface area contributed by atoms with Gasteiger partial charge in [-0.2, -0.15) is 0 Å². The number of primary amides is 1. The summed E-state index contributed by atoms with van der Waals surface area (Å²) >= 11 is 0. The van der Waals surface area contributed by atoms with Gasteiger partial charge in [0.25, 0.3) is 0 Å². The van der Waals surface area contributed by atoms with Gasteiger partial charge in [0.15, 0.2) is 0 Å². The Labute approximate surface area is 57.7 Å². The molecular formula is C4H9N3O3. The van der Waals surface area contributed by atoms with E-state index in [-0.39, 0.29) is 6.61 Å². The molecule has 0 saturated carbocycles. The van der Waals surface area contributed by atoms with E-state index in [9.17, 15) is 9.59 Å². The molecule has 0 aliphatic rings. The lowest BCUT2D eigenvalue weighted by atomic mass is 10.9. The molecule has 0 unspecified atom stereocenters. The quantitative estimate of drug-likeness (QED) is 0.429. The van der Waals surface area contributed by atoms with Gasteiger partial charge in [0.1, 0.15) is 0 Å². The lowest BCUT2D eigenvalue weighted by Gasteiger charge is -2.02. The van der Waals surface area contributed by atoms with Crippen LogP contribution in [0, 0.1) is 0 Å². The molecule has 58 valence electrons. The van der Waals surface area contributed by atoms with Crippen molar-refractivity contribution in [2.45, 2.75) is 6.92 Å². The largest absolute Gasteiger partial charge is 0.449 e. The van der Waals surface area contributed by atoms with Gasteiger partial charge in [-0.1, -0.05) is 0 Å². The average molecular weight is 147 g/mol. The van der Waals surface area contributed by atoms with Crippen molar-refractivity contribution in [3.63, 3.8) is 0 Å². The van der Waals surface area contributed by atoms with Crippen molar-refractivity contribution in [3.8, 4) is 0 Å². The van der Waals surface area contributed by atoms with Crippen molar-refractivity contribution in [2.75, 3.05) is 6.61 Å². The van der Waals surface area contributed by atoms with Crippen LogP contribution < -0.4 is 16.6 Å². The maximum Gasteiger partial charge on any atom is 0.426 e. The molecule has 0 aliphatic carbocycles. The molecule has 0 radical (unpaired) electrons. The predicted octanol–water partition coefficient (Wildman–Crippen LogP) is -0.684. The smallest absolute Gasteiger partial charge is 0.426 e. The molecule has 0 aromatic rings. The first-order chi connectivity index (χ1) is 4.66. The highest BCUT2D eigenvalue weighted by Crippen LogP contribution is 1.71. The fourth-order valence-corrected chi connectivity index (χ4v) is 0.280. The Morgan fingerprint density at radius 3 is 2.50 bits per heavy atom. The Morgan fingerprint density at radius 2 is 2.10 bits per heavy atom. The second-order valence-electron chi connectivity index (χ2n) is 1.33. The number of hydrogen-bond acceptors (Lipinski definition) is 3. The molecule has 0 bridgehead atoms. The van der Waals surface area contributed by atoms with Crippen LogP contribution >= 0.6 is 0 Å². The lowest BCUT2D eigenvalue weighted by molar-refractivity contribution is 0.147. The molecule has 0 spiro atoms. The van der Waals surface area contributed by atoms with Crippen LogP contribution in [0.5, 0.6) is 0 Å². The zero-order valence-corrected chi connectivity index (χ0v) is 5.51. The first-order valence-corrected chi connectivity index (χ1v) is 2.65. The third-order valence-corrected chi connectivity index (χ3v) is 0.563. The van der Waals surface area contributed by atoms with Gasteiger partial charge in [0.05, 0.1) is 6.61 Å². The number of carbonyl (C=O) groups is 2. The van der Waals surface area contributed by atoms with Crippen molar-refractivity contribution >= 4 is 12.1 Å². The van der Waals surface area contributed by atoms with Gasteiger partial charge in [-0.3, -0.25) is 0 Å². The molecule has 3 amide bonds. The molecule has 6 heteroatoms. The Morgan fingerprint density at radius 1 is 1.50 bits per heavy atom. The van der Waals surface area contributed by atoms with E-state index in [1.807, 2.05) is 10.9 Å². The van der Waals surface area contributed by atoms with Crippen LogP contribution in [0.4, 0.5) is 9.59 Å². The van der Waals surface area contributed by atoms with Crippen LogP contribution in [0.2, 0.25) is 0 Å². The molecule has 0 heterocycles. The van der Waals surface area contributed by atoms with Gasteiger partial charge in [-0.15, -0.1) is 0 Å². The second kappa shape index (κ2) is 4.42. The average Bonchev–Trinajstić information content (AvgIpc) is 1.85. The number of hydrazine groups is 1. The first kappa shape index (κ1) is 8.54. The molecule has 0 rings (SSSR count). The van der Waals surface area contributed by atoms with Gasteiger partial charge in [-0.25, -0.2) is 20.4 Å². The molecule has 0 aromatic carbocycles. The van der Waals surface area contributed by atoms with Crippen LogP contribution in [0.15, 0.2) is 0 Å². The van der Waals surface area contributed by atoms with Crippen molar-refractivity contribution in [2.24, 2.45) is 5.73 Å². The maximum atomic E-state index is 10.3. The highest BCUT2D eigenvalue weighted by atomic mass is 16.5. The number of urea groups is 1. The number of rotatable bonds is 1. The minimum Gasteiger partial charge on any atom is -0.449 e. The molecule has 6 nitrogen and oxygen atoms in total. The zero-order valence-electron chi connectivity index (χ0n) is 5.51. The van der Waals surface area contributed by atoms with Crippen LogP contribution in [0.1, 0.15) is 6.92 Å². The monoisotopic (exact) mass is 147 g/mol. The Bertz CT molecular complexity index is 136. The van der Waals surface area contributed by atoms with E-state index >= 15 is 0 Å². The number of carbonyl (C=O) groups excluding carboxylic acids is 2. The SMILES string of the molecule is CCOC(=O)NNC(N)=O. The molecule has 0 aromatic heterocycles. The third kappa shape index (κ3) is 4.69. The Balaban J connectivity index is 3.30. The summed E-state index contributed by atoms with van der Waals surface area (Å²) < 4.78 is 4.37. The molecule has 0 atom stereocenters. The fourth-order valence-electron chi connectivity index (χ4n) is 0.280. The number of ether oxygens (including phenoxy) is 1. The van der Waals surface area contributed by atoms with Gasteiger partial charge in [0, 0.05) is 0 Å². The minimum absolute atomic E-state index is 0.242. The molecular weight excluding hydrogens is 138 g/mol. The lowest BCUT2D eigenvalue weighted by Crippen LogP contribution is -2.44. The van der Waals surface area contributed by atoms with E-state index in [1.165, 1.54) is 0 Å². The summed E-state index contributed by atoms with van der Waals surface area (Å²) in [5.74, 6) is 0. The van der Waals surface area contributed by atoms with Crippen LogP contribution in [-0.2, 0) is 4.74 Å². The Kier molecular flexibility index (Phi) is 3.78. The summed E-state index contributed by atoms with van der Waals surface area (Å²) in [5.41, 5.74) is 8.36. The van der Waals surface area contributed by atoms with E-state index in [1.54, 1.807) is 6.92 Å². The molecule has 0 aliphatic heterocycles. The van der Waals surface area contributed by atoms with Gasteiger partial charge < -0.3 is 10.5 Å². The number of nitrogens with one attached hydrogen (secondary N) is 2. The minimum atomic E-state index is -0.840. The van der Waals surface area contributed by atoms with Gasteiger partial charge >= 0.3 is 12.1 Å².